The van der Waals surface area contributed by atoms with Crippen LogP contribution in [-0.4, -0.2) is 33.8 Å². The Hall–Kier alpha value is -2.54. The van der Waals surface area contributed by atoms with Gasteiger partial charge in [-0.15, -0.1) is 0 Å². The van der Waals surface area contributed by atoms with Crippen LogP contribution in [0.4, 0.5) is 5.69 Å². The number of nitrogens with one attached hydrogen (secondary N) is 1. The number of ether oxygens (including phenoxy) is 1. The minimum atomic E-state index is -0.790. The monoisotopic (exact) mass is 386 g/mol. The highest BCUT2D eigenvalue weighted by Crippen LogP contribution is 2.24. The van der Waals surface area contributed by atoms with Gasteiger partial charge in [-0.05, 0) is 43.0 Å². The highest BCUT2D eigenvalue weighted by atomic mass is 32.2. The fourth-order valence-electron chi connectivity index (χ4n) is 2.57. The number of amides is 1. The number of carbonyl (C=O) groups excluding carboxylic acids is 1. The SMILES string of the molecule is O=C(O)CCSCc1cccc(NC(=O)c2ccnc(OC3CCC3)c2)c1. The molecule has 1 fully saturated rings. The van der Waals surface area contributed by atoms with E-state index < -0.39 is 5.97 Å². The molecule has 1 aromatic carbocycles. The molecule has 0 spiro atoms. The number of anilines is 1. The van der Waals surface area contributed by atoms with E-state index in [1.807, 2.05) is 24.3 Å². The third kappa shape index (κ3) is 5.99. The molecule has 1 heterocycles. The Balaban J connectivity index is 1.56. The standard InChI is InChI=1S/C20H22N2O4S/c23-19(24)8-10-27-13-14-3-1-4-16(11-14)22-20(25)15-7-9-21-18(12-15)26-17-5-2-6-17/h1,3-4,7,9,11-12,17H,2,5-6,8,10,13H2,(H,22,25)(H,23,24). The molecule has 0 unspecified atom stereocenters. The molecule has 27 heavy (non-hydrogen) atoms. The lowest BCUT2D eigenvalue weighted by Crippen LogP contribution is -2.25. The van der Waals surface area contributed by atoms with Crippen LogP contribution in [0.2, 0.25) is 0 Å². The number of aliphatic carboxylic acids is 1. The molecule has 7 heteroatoms. The van der Waals surface area contributed by atoms with Crippen LogP contribution in [0.15, 0.2) is 42.6 Å². The predicted octanol–water partition coefficient (Wildman–Crippen LogP) is 3.97. The van der Waals surface area contributed by atoms with Crippen LogP contribution in [0.1, 0.15) is 41.6 Å². The quantitative estimate of drug-likeness (QED) is 0.634. The van der Waals surface area contributed by atoms with Crippen LogP contribution in [0, 0.1) is 0 Å². The number of thioether (sulfide) groups is 1. The molecule has 2 aromatic rings. The first kappa shape index (κ1) is 19.2. The average molecular weight is 386 g/mol. The number of carboxylic acids is 1. The molecule has 0 bridgehead atoms. The number of hydrogen-bond acceptors (Lipinski definition) is 5. The number of aromatic nitrogens is 1. The van der Waals surface area contributed by atoms with Crippen molar-refractivity contribution in [2.45, 2.75) is 37.5 Å². The zero-order valence-electron chi connectivity index (χ0n) is 14.9. The van der Waals surface area contributed by atoms with Crippen molar-refractivity contribution < 1.29 is 19.4 Å². The summed E-state index contributed by atoms with van der Waals surface area (Å²) in [5.41, 5.74) is 2.24. The van der Waals surface area contributed by atoms with Crippen LogP contribution in [-0.2, 0) is 10.5 Å². The highest BCUT2D eigenvalue weighted by Gasteiger charge is 2.20. The van der Waals surface area contributed by atoms with Crippen LogP contribution in [0.25, 0.3) is 0 Å². The lowest BCUT2D eigenvalue weighted by atomic mass is 9.96. The fourth-order valence-corrected chi connectivity index (χ4v) is 3.44. The molecule has 3 rings (SSSR count). The van der Waals surface area contributed by atoms with Gasteiger partial charge in [-0.3, -0.25) is 9.59 Å². The van der Waals surface area contributed by atoms with E-state index in [1.165, 1.54) is 6.42 Å². The van der Waals surface area contributed by atoms with Crippen molar-refractivity contribution in [2.24, 2.45) is 0 Å². The first-order valence-electron chi connectivity index (χ1n) is 8.93. The zero-order valence-corrected chi connectivity index (χ0v) is 15.7. The molecule has 1 saturated carbocycles. The summed E-state index contributed by atoms with van der Waals surface area (Å²) in [5, 5.41) is 11.6. The Morgan fingerprint density at radius 3 is 2.85 bits per heavy atom. The van der Waals surface area contributed by atoms with Crippen molar-refractivity contribution in [3.05, 3.63) is 53.7 Å². The summed E-state index contributed by atoms with van der Waals surface area (Å²) in [6.45, 7) is 0. The van der Waals surface area contributed by atoms with Crippen LogP contribution < -0.4 is 10.1 Å². The van der Waals surface area contributed by atoms with Gasteiger partial charge in [0, 0.05) is 35.0 Å². The van der Waals surface area contributed by atoms with Gasteiger partial charge in [-0.2, -0.15) is 11.8 Å². The van der Waals surface area contributed by atoms with Crippen molar-refractivity contribution in [3.8, 4) is 5.88 Å². The second-order valence-electron chi connectivity index (χ2n) is 6.40. The summed E-state index contributed by atoms with van der Waals surface area (Å²) < 4.78 is 5.75. The van der Waals surface area contributed by atoms with Gasteiger partial charge in [0.1, 0.15) is 6.10 Å². The number of carboxylic acid groups (broad SMARTS) is 1. The van der Waals surface area contributed by atoms with Gasteiger partial charge >= 0.3 is 5.97 Å². The average Bonchev–Trinajstić information content (AvgIpc) is 2.62. The number of pyridine rings is 1. The molecular formula is C20H22N2O4S. The number of rotatable bonds is 9. The van der Waals surface area contributed by atoms with E-state index in [0.717, 1.165) is 18.4 Å². The van der Waals surface area contributed by atoms with Crippen molar-refractivity contribution >= 4 is 29.3 Å². The molecule has 0 atom stereocenters. The third-order valence-electron chi connectivity index (χ3n) is 4.25. The van der Waals surface area contributed by atoms with Gasteiger partial charge in [0.15, 0.2) is 0 Å². The maximum Gasteiger partial charge on any atom is 0.304 e. The number of benzene rings is 1. The second kappa shape index (κ2) is 9.41. The second-order valence-corrected chi connectivity index (χ2v) is 7.51. The predicted molar refractivity (Wildman–Crippen MR) is 105 cm³/mol. The molecule has 0 aliphatic heterocycles. The molecule has 0 saturated heterocycles. The van der Waals surface area contributed by atoms with E-state index in [9.17, 15) is 9.59 Å². The van der Waals surface area contributed by atoms with E-state index in [4.69, 9.17) is 9.84 Å². The molecule has 1 amide bonds. The van der Waals surface area contributed by atoms with Gasteiger partial charge < -0.3 is 15.2 Å². The van der Waals surface area contributed by atoms with Crippen LogP contribution >= 0.6 is 11.8 Å². The lowest BCUT2D eigenvalue weighted by molar-refractivity contribution is -0.136. The maximum atomic E-state index is 12.5. The molecule has 1 aliphatic rings. The minimum Gasteiger partial charge on any atom is -0.481 e. The smallest absolute Gasteiger partial charge is 0.304 e. The van der Waals surface area contributed by atoms with Crippen molar-refractivity contribution in [3.63, 3.8) is 0 Å². The Bertz CT molecular complexity index is 808. The van der Waals surface area contributed by atoms with Gasteiger partial charge in [0.25, 0.3) is 5.91 Å². The van der Waals surface area contributed by atoms with E-state index in [0.29, 0.717) is 28.6 Å². The Labute approximate surface area is 162 Å². The first-order valence-corrected chi connectivity index (χ1v) is 10.1. The third-order valence-corrected chi connectivity index (χ3v) is 5.28. The van der Waals surface area contributed by atoms with Crippen molar-refractivity contribution in [1.29, 1.82) is 0 Å². The van der Waals surface area contributed by atoms with E-state index in [2.05, 4.69) is 10.3 Å². The normalized spacial score (nSPS) is 13.6. The fraction of sp³-hybridized carbons (Fsp3) is 0.350. The maximum absolute atomic E-state index is 12.5. The first-order chi connectivity index (χ1) is 13.1. The summed E-state index contributed by atoms with van der Waals surface area (Å²) in [7, 11) is 0. The Morgan fingerprint density at radius 1 is 1.26 bits per heavy atom. The highest BCUT2D eigenvalue weighted by molar-refractivity contribution is 7.98. The van der Waals surface area contributed by atoms with Gasteiger partial charge in [0.2, 0.25) is 5.88 Å². The van der Waals surface area contributed by atoms with E-state index in [1.54, 1.807) is 30.1 Å². The van der Waals surface area contributed by atoms with Gasteiger partial charge in [0.05, 0.1) is 6.42 Å². The lowest BCUT2D eigenvalue weighted by Gasteiger charge is -2.25. The minimum absolute atomic E-state index is 0.147. The number of carbonyl (C=O) groups is 2. The molecule has 1 aromatic heterocycles. The molecule has 0 radical (unpaired) electrons. The molecule has 1 aliphatic carbocycles. The van der Waals surface area contributed by atoms with Crippen LogP contribution in [0.3, 0.4) is 0 Å². The van der Waals surface area contributed by atoms with Gasteiger partial charge in [-0.1, -0.05) is 12.1 Å². The summed E-state index contributed by atoms with van der Waals surface area (Å²) in [5.74, 6) is 0.738. The Morgan fingerprint density at radius 2 is 2.11 bits per heavy atom. The number of nitrogens with zero attached hydrogens (tertiary/aromatic N) is 1. The van der Waals surface area contributed by atoms with Crippen molar-refractivity contribution in [1.82, 2.24) is 4.98 Å². The topological polar surface area (TPSA) is 88.5 Å². The molecule has 142 valence electrons. The molecule has 2 N–H and O–H groups in total. The zero-order chi connectivity index (χ0) is 19.1. The van der Waals surface area contributed by atoms with E-state index in [-0.39, 0.29) is 18.4 Å². The largest absolute Gasteiger partial charge is 0.481 e. The summed E-state index contributed by atoms with van der Waals surface area (Å²) in [6, 6.07) is 10.9. The summed E-state index contributed by atoms with van der Waals surface area (Å²) in [4.78, 5) is 27.2. The van der Waals surface area contributed by atoms with E-state index >= 15 is 0 Å². The molecule has 6 nitrogen and oxygen atoms in total. The number of hydrogen-bond donors (Lipinski definition) is 2. The van der Waals surface area contributed by atoms with Crippen molar-refractivity contribution in [2.75, 3.05) is 11.1 Å². The molecular weight excluding hydrogens is 364 g/mol. The summed E-state index contributed by atoms with van der Waals surface area (Å²) in [6.07, 6.45) is 5.19. The van der Waals surface area contributed by atoms with Gasteiger partial charge in [-0.25, -0.2) is 4.98 Å². The Kier molecular flexibility index (Phi) is 6.70. The summed E-state index contributed by atoms with van der Waals surface area (Å²) >= 11 is 1.56. The van der Waals surface area contributed by atoms with Crippen LogP contribution in [0.5, 0.6) is 5.88 Å².